The third-order valence-corrected chi connectivity index (χ3v) is 10.7. The van der Waals surface area contributed by atoms with Crippen molar-refractivity contribution in [2.24, 2.45) is 10.8 Å². The zero-order chi connectivity index (χ0) is 23.9. The lowest BCUT2D eigenvalue weighted by Gasteiger charge is -2.22. The van der Waals surface area contributed by atoms with Gasteiger partial charge in [-0.3, -0.25) is 13.2 Å². The van der Waals surface area contributed by atoms with Crippen molar-refractivity contribution in [1.82, 2.24) is 0 Å². The minimum atomic E-state index is -0.972. The number of aliphatic hydroxyl groups is 1. The van der Waals surface area contributed by atoms with Crippen LogP contribution in [0.5, 0.6) is 0 Å². The molecule has 2 N–H and O–H groups in total. The summed E-state index contributed by atoms with van der Waals surface area (Å²) in [5.74, 6) is -0.785. The SMILES string of the molecule is CC(C)(CO)CCCC1CC=C(CCCC2CC=C(CCCC(C)(C)C(=O)O)S2=O)S1=O. The Hall–Kier alpha value is -0.790. The van der Waals surface area contributed by atoms with Crippen LogP contribution in [0.15, 0.2) is 22.0 Å². The summed E-state index contributed by atoms with van der Waals surface area (Å²) in [7, 11) is -1.87. The molecule has 0 amide bonds. The Bertz CT molecular complexity index is 766. The molecule has 2 rings (SSSR count). The first-order valence-electron chi connectivity index (χ1n) is 12.0. The van der Waals surface area contributed by atoms with E-state index in [-0.39, 0.29) is 22.5 Å². The molecule has 2 aliphatic rings. The zero-order valence-electron chi connectivity index (χ0n) is 20.2. The molecule has 0 saturated heterocycles. The first-order chi connectivity index (χ1) is 15.0. The molecule has 0 spiro atoms. The summed E-state index contributed by atoms with van der Waals surface area (Å²) in [6.45, 7) is 7.78. The van der Waals surface area contributed by atoms with Crippen molar-refractivity contribution in [3.8, 4) is 0 Å². The monoisotopic (exact) mass is 486 g/mol. The van der Waals surface area contributed by atoms with E-state index < -0.39 is 33.0 Å². The molecule has 0 aromatic carbocycles. The van der Waals surface area contributed by atoms with Crippen LogP contribution in [0, 0.1) is 10.8 Å². The maximum Gasteiger partial charge on any atom is 0.309 e. The van der Waals surface area contributed by atoms with Crippen LogP contribution in [0.2, 0.25) is 0 Å². The molecule has 184 valence electrons. The van der Waals surface area contributed by atoms with E-state index in [9.17, 15) is 23.4 Å². The van der Waals surface area contributed by atoms with E-state index in [1.807, 2.05) is 0 Å². The smallest absolute Gasteiger partial charge is 0.309 e. The first-order valence-corrected chi connectivity index (χ1v) is 14.4. The van der Waals surface area contributed by atoms with Gasteiger partial charge < -0.3 is 10.2 Å². The quantitative estimate of drug-likeness (QED) is 0.341. The summed E-state index contributed by atoms with van der Waals surface area (Å²) in [6, 6.07) is 0. The van der Waals surface area contributed by atoms with Crippen LogP contribution >= 0.6 is 0 Å². The lowest BCUT2D eigenvalue weighted by molar-refractivity contribution is -0.147. The van der Waals surface area contributed by atoms with Crippen LogP contribution in [0.4, 0.5) is 0 Å². The molecule has 0 bridgehead atoms. The lowest BCUT2D eigenvalue weighted by atomic mass is 9.87. The van der Waals surface area contributed by atoms with Gasteiger partial charge in [-0.1, -0.05) is 32.4 Å². The number of carbonyl (C=O) groups is 1. The number of carboxylic acid groups (broad SMARTS) is 1. The minimum absolute atomic E-state index is 0.0629. The van der Waals surface area contributed by atoms with E-state index in [2.05, 4.69) is 26.0 Å². The molecule has 32 heavy (non-hydrogen) atoms. The topological polar surface area (TPSA) is 91.7 Å². The average Bonchev–Trinajstić information content (AvgIpc) is 3.25. The largest absolute Gasteiger partial charge is 0.481 e. The summed E-state index contributed by atoms with van der Waals surface area (Å²) >= 11 is 0. The fraction of sp³-hybridized carbons (Fsp3) is 0.800. The van der Waals surface area contributed by atoms with Crippen molar-refractivity contribution in [2.75, 3.05) is 6.61 Å². The normalized spacial score (nSPS) is 26.3. The van der Waals surface area contributed by atoms with Gasteiger partial charge in [0.1, 0.15) is 0 Å². The van der Waals surface area contributed by atoms with E-state index in [1.165, 1.54) is 0 Å². The van der Waals surface area contributed by atoms with Crippen LogP contribution < -0.4 is 0 Å². The van der Waals surface area contributed by atoms with Gasteiger partial charge in [0.05, 0.1) is 27.0 Å². The molecule has 4 atom stereocenters. The zero-order valence-corrected chi connectivity index (χ0v) is 21.9. The third kappa shape index (κ3) is 7.91. The Morgan fingerprint density at radius 3 is 1.91 bits per heavy atom. The molecule has 0 aliphatic carbocycles. The Balaban J connectivity index is 1.66. The highest BCUT2D eigenvalue weighted by Gasteiger charge is 2.30. The van der Waals surface area contributed by atoms with Crippen molar-refractivity contribution in [1.29, 1.82) is 0 Å². The molecule has 0 aromatic rings. The molecule has 0 radical (unpaired) electrons. The second kappa shape index (κ2) is 12.1. The molecule has 0 aromatic heterocycles. The maximum atomic E-state index is 12.8. The van der Waals surface area contributed by atoms with Gasteiger partial charge >= 0.3 is 5.97 Å². The Morgan fingerprint density at radius 1 is 0.906 bits per heavy atom. The highest BCUT2D eigenvalue weighted by Crippen LogP contribution is 2.34. The van der Waals surface area contributed by atoms with Crippen molar-refractivity contribution < 1.29 is 23.4 Å². The summed E-state index contributed by atoms with van der Waals surface area (Å²) < 4.78 is 25.6. The summed E-state index contributed by atoms with van der Waals surface area (Å²) in [5.41, 5.74) is -0.801. The summed E-state index contributed by atoms with van der Waals surface area (Å²) in [4.78, 5) is 13.3. The van der Waals surface area contributed by atoms with Crippen LogP contribution in [0.25, 0.3) is 0 Å². The predicted molar refractivity (Wildman–Crippen MR) is 133 cm³/mol. The van der Waals surface area contributed by atoms with Crippen molar-refractivity contribution in [3.05, 3.63) is 22.0 Å². The van der Waals surface area contributed by atoms with E-state index >= 15 is 0 Å². The van der Waals surface area contributed by atoms with Gasteiger partial charge in [0.15, 0.2) is 0 Å². The highest BCUT2D eigenvalue weighted by molar-refractivity contribution is 7.90. The van der Waals surface area contributed by atoms with E-state index in [0.29, 0.717) is 12.8 Å². The van der Waals surface area contributed by atoms with Gasteiger partial charge in [0.2, 0.25) is 0 Å². The maximum absolute atomic E-state index is 12.8. The standard InChI is InChI=1S/C25H42O5S2/c1-24(2,18-26)16-6-10-21-14-12-19(31(21)29)8-5-9-20-13-15-22(32(20)30)11-7-17-25(3,4)23(27)28/h12,15,20-21,26H,5-11,13-14,16-18H2,1-4H3,(H,27,28). The molecule has 7 heteroatoms. The number of hydrogen-bond donors (Lipinski definition) is 2. The number of rotatable bonds is 14. The molecule has 0 fully saturated rings. The molecule has 2 aliphatic heterocycles. The fourth-order valence-corrected chi connectivity index (χ4v) is 7.72. The van der Waals surface area contributed by atoms with Gasteiger partial charge in [-0.05, 0) is 83.5 Å². The predicted octanol–water partition coefficient (Wildman–Crippen LogP) is 5.44. The van der Waals surface area contributed by atoms with E-state index in [1.54, 1.807) is 13.8 Å². The molecule has 2 heterocycles. The molecule has 4 unspecified atom stereocenters. The Labute approximate surface area is 199 Å². The molecule has 5 nitrogen and oxygen atoms in total. The number of hydrogen-bond acceptors (Lipinski definition) is 4. The molecule has 0 saturated carbocycles. The van der Waals surface area contributed by atoms with Crippen molar-refractivity contribution in [2.45, 2.75) is 109 Å². The van der Waals surface area contributed by atoms with Crippen LogP contribution in [0.1, 0.15) is 98.3 Å². The van der Waals surface area contributed by atoms with Gasteiger partial charge in [-0.15, -0.1) is 0 Å². The second-order valence-corrected chi connectivity index (χ2v) is 14.4. The van der Waals surface area contributed by atoms with Crippen LogP contribution in [0.3, 0.4) is 0 Å². The number of aliphatic hydroxyl groups excluding tert-OH is 1. The minimum Gasteiger partial charge on any atom is -0.481 e. The summed E-state index contributed by atoms with van der Waals surface area (Å²) in [5, 5.41) is 19.0. The van der Waals surface area contributed by atoms with Crippen LogP contribution in [-0.4, -0.2) is 41.7 Å². The third-order valence-electron chi connectivity index (χ3n) is 6.90. The summed E-state index contributed by atoms with van der Waals surface area (Å²) in [6.07, 6.45) is 13.5. The van der Waals surface area contributed by atoms with Gasteiger partial charge in [0, 0.05) is 26.9 Å². The number of carboxylic acids is 1. The van der Waals surface area contributed by atoms with Crippen LogP contribution in [-0.2, 0) is 26.4 Å². The fourth-order valence-electron chi connectivity index (χ4n) is 4.35. The van der Waals surface area contributed by atoms with Crippen molar-refractivity contribution >= 4 is 27.6 Å². The van der Waals surface area contributed by atoms with Gasteiger partial charge in [-0.25, -0.2) is 0 Å². The van der Waals surface area contributed by atoms with Crippen molar-refractivity contribution in [3.63, 3.8) is 0 Å². The number of aliphatic carboxylic acids is 1. The second-order valence-electron chi connectivity index (χ2n) is 10.8. The van der Waals surface area contributed by atoms with Gasteiger partial charge in [0.25, 0.3) is 0 Å². The first kappa shape index (κ1) is 27.5. The highest BCUT2D eigenvalue weighted by atomic mass is 32.2. The number of allylic oxidation sites excluding steroid dienone is 4. The van der Waals surface area contributed by atoms with E-state index in [4.69, 9.17) is 0 Å². The van der Waals surface area contributed by atoms with Gasteiger partial charge in [-0.2, -0.15) is 0 Å². The lowest BCUT2D eigenvalue weighted by Crippen LogP contribution is -2.23. The Kier molecular flexibility index (Phi) is 10.4. The average molecular weight is 487 g/mol. The molecular weight excluding hydrogens is 444 g/mol. The molecular formula is C25H42O5S2. The Morgan fingerprint density at radius 2 is 1.41 bits per heavy atom. The van der Waals surface area contributed by atoms with E-state index in [0.717, 1.165) is 67.6 Å².